The van der Waals surface area contributed by atoms with Gasteiger partial charge in [0.2, 0.25) is 11.6 Å². The summed E-state index contributed by atoms with van der Waals surface area (Å²) in [5.74, 6) is 0.353. The maximum atomic E-state index is 13.5. The van der Waals surface area contributed by atoms with Crippen LogP contribution in [0.2, 0.25) is 0 Å². The number of benzene rings is 2. The Labute approximate surface area is 119 Å². The van der Waals surface area contributed by atoms with E-state index in [0.29, 0.717) is 0 Å². The van der Waals surface area contributed by atoms with Gasteiger partial charge in [0, 0.05) is 5.56 Å². The lowest BCUT2D eigenvalue weighted by Crippen LogP contribution is -2.10. The number of halogens is 2. The van der Waals surface area contributed by atoms with Crippen LogP contribution in [0.5, 0.6) is 11.5 Å². The Hall–Kier alpha value is -2.87. The summed E-state index contributed by atoms with van der Waals surface area (Å²) in [6.45, 7) is 1.68. The van der Waals surface area contributed by atoms with Crippen LogP contribution in [0.25, 0.3) is 0 Å². The first-order valence-electron chi connectivity index (χ1n) is 5.95. The summed E-state index contributed by atoms with van der Waals surface area (Å²) < 4.78 is 31.4. The molecule has 0 atom stereocenters. The van der Waals surface area contributed by atoms with E-state index in [9.17, 15) is 13.6 Å². The highest BCUT2D eigenvalue weighted by Gasteiger charge is 2.17. The number of hydrogen-bond donors (Lipinski definition) is 1. The normalized spacial score (nSPS) is 9.67. The number of hydrogen-bond acceptors (Lipinski definition) is 3. The SMILES string of the molecule is CC#Cc1ccc(C(=O)Oc2ccc(O)c(F)c2F)cc1. The van der Waals surface area contributed by atoms with Crippen LogP contribution in [-0.4, -0.2) is 11.1 Å². The molecule has 0 radical (unpaired) electrons. The van der Waals surface area contributed by atoms with Crippen molar-refractivity contribution in [1.29, 1.82) is 0 Å². The highest BCUT2D eigenvalue weighted by atomic mass is 19.2. The summed E-state index contributed by atoms with van der Waals surface area (Å²) in [6, 6.07) is 8.04. The third kappa shape index (κ3) is 3.18. The molecule has 3 nitrogen and oxygen atoms in total. The molecule has 2 aromatic rings. The zero-order valence-corrected chi connectivity index (χ0v) is 11.0. The third-order valence-electron chi connectivity index (χ3n) is 2.62. The molecule has 0 saturated carbocycles. The Morgan fingerprint density at radius 1 is 1.10 bits per heavy atom. The minimum atomic E-state index is -1.46. The van der Waals surface area contributed by atoms with Crippen LogP contribution in [0.1, 0.15) is 22.8 Å². The van der Waals surface area contributed by atoms with Gasteiger partial charge < -0.3 is 9.84 Å². The van der Waals surface area contributed by atoms with Gasteiger partial charge in [-0.05, 0) is 43.3 Å². The molecule has 0 aromatic heterocycles. The second-order valence-electron chi connectivity index (χ2n) is 4.05. The summed E-state index contributed by atoms with van der Waals surface area (Å²) in [6.07, 6.45) is 0. The highest BCUT2D eigenvalue weighted by Crippen LogP contribution is 2.27. The van der Waals surface area contributed by atoms with Crippen LogP contribution >= 0.6 is 0 Å². The molecule has 106 valence electrons. The van der Waals surface area contributed by atoms with Crippen molar-refractivity contribution in [2.45, 2.75) is 6.92 Å². The fourth-order valence-corrected chi connectivity index (χ4v) is 1.59. The van der Waals surface area contributed by atoms with Crippen molar-refractivity contribution in [2.75, 3.05) is 0 Å². The fraction of sp³-hybridized carbons (Fsp3) is 0.0625. The first-order valence-corrected chi connectivity index (χ1v) is 5.95. The van der Waals surface area contributed by atoms with Gasteiger partial charge in [-0.15, -0.1) is 5.92 Å². The minimum absolute atomic E-state index is 0.171. The van der Waals surface area contributed by atoms with Crippen LogP contribution in [0, 0.1) is 23.5 Å². The molecule has 1 N–H and O–H groups in total. The Bertz CT molecular complexity index is 741. The zero-order valence-electron chi connectivity index (χ0n) is 11.0. The van der Waals surface area contributed by atoms with E-state index in [2.05, 4.69) is 11.8 Å². The highest BCUT2D eigenvalue weighted by molar-refractivity contribution is 5.91. The van der Waals surface area contributed by atoms with Gasteiger partial charge in [-0.3, -0.25) is 0 Å². The maximum absolute atomic E-state index is 13.5. The Kier molecular flexibility index (Phi) is 4.19. The molecule has 0 saturated heterocycles. The molecule has 0 aliphatic heterocycles. The van der Waals surface area contributed by atoms with E-state index in [0.717, 1.165) is 17.7 Å². The van der Waals surface area contributed by atoms with Crippen molar-refractivity contribution >= 4 is 5.97 Å². The van der Waals surface area contributed by atoms with E-state index in [1.54, 1.807) is 19.1 Å². The number of carbonyl (C=O) groups excluding carboxylic acids is 1. The second kappa shape index (κ2) is 6.06. The topological polar surface area (TPSA) is 46.5 Å². The predicted molar refractivity (Wildman–Crippen MR) is 72.0 cm³/mol. The molecule has 5 heteroatoms. The molecule has 21 heavy (non-hydrogen) atoms. The molecule has 0 spiro atoms. The van der Waals surface area contributed by atoms with Crippen molar-refractivity contribution < 1.29 is 23.4 Å². The van der Waals surface area contributed by atoms with E-state index in [1.165, 1.54) is 12.1 Å². The number of rotatable bonds is 2. The molecule has 0 unspecified atom stereocenters. The van der Waals surface area contributed by atoms with Gasteiger partial charge in [0.25, 0.3) is 0 Å². The number of esters is 1. The van der Waals surface area contributed by atoms with Gasteiger partial charge in [0.05, 0.1) is 5.56 Å². The number of aromatic hydroxyl groups is 1. The molecule has 2 rings (SSSR count). The van der Waals surface area contributed by atoms with Gasteiger partial charge in [0.15, 0.2) is 11.5 Å². The monoisotopic (exact) mass is 288 g/mol. The Balaban J connectivity index is 2.21. The Morgan fingerprint density at radius 2 is 1.76 bits per heavy atom. The quantitative estimate of drug-likeness (QED) is 0.524. The van der Waals surface area contributed by atoms with E-state index in [4.69, 9.17) is 9.84 Å². The standard InChI is InChI=1S/C16H10F2O3/c1-2-3-10-4-6-11(7-5-10)16(20)21-13-9-8-12(19)14(17)15(13)18/h4-9,19H,1H3. The van der Waals surface area contributed by atoms with Gasteiger partial charge >= 0.3 is 5.97 Å². The summed E-state index contributed by atoms with van der Waals surface area (Å²) in [7, 11) is 0. The first-order chi connectivity index (χ1) is 10.0. The van der Waals surface area contributed by atoms with Crippen molar-refractivity contribution in [3.05, 3.63) is 59.2 Å². The fourth-order valence-electron chi connectivity index (χ4n) is 1.59. The van der Waals surface area contributed by atoms with Gasteiger partial charge in [-0.1, -0.05) is 5.92 Å². The molecule has 0 heterocycles. The Morgan fingerprint density at radius 3 is 2.38 bits per heavy atom. The molecular formula is C16H10F2O3. The summed E-state index contributed by atoms with van der Waals surface area (Å²) >= 11 is 0. The average Bonchev–Trinajstić information content (AvgIpc) is 2.49. The number of carbonyl (C=O) groups is 1. The average molecular weight is 288 g/mol. The molecule has 0 aliphatic carbocycles. The van der Waals surface area contributed by atoms with Crippen LogP contribution in [0.15, 0.2) is 36.4 Å². The van der Waals surface area contributed by atoms with Gasteiger partial charge in [-0.2, -0.15) is 8.78 Å². The minimum Gasteiger partial charge on any atom is -0.505 e. The molecular weight excluding hydrogens is 278 g/mol. The third-order valence-corrected chi connectivity index (χ3v) is 2.62. The lowest BCUT2D eigenvalue weighted by Gasteiger charge is -2.06. The predicted octanol–water partition coefficient (Wildman–Crippen LogP) is 3.26. The molecule has 0 bridgehead atoms. The largest absolute Gasteiger partial charge is 0.505 e. The first kappa shape index (κ1) is 14.5. The lowest BCUT2D eigenvalue weighted by atomic mass is 10.1. The molecule has 0 fully saturated rings. The van der Waals surface area contributed by atoms with Crippen molar-refractivity contribution in [3.8, 4) is 23.3 Å². The lowest BCUT2D eigenvalue weighted by molar-refractivity contribution is 0.0726. The number of phenolic OH excluding ortho intramolecular Hbond substituents is 1. The van der Waals surface area contributed by atoms with E-state index in [-0.39, 0.29) is 5.56 Å². The van der Waals surface area contributed by atoms with Crippen LogP contribution < -0.4 is 4.74 Å². The van der Waals surface area contributed by atoms with E-state index < -0.39 is 29.1 Å². The molecule has 0 aliphatic rings. The van der Waals surface area contributed by atoms with Crippen molar-refractivity contribution in [2.24, 2.45) is 0 Å². The smallest absolute Gasteiger partial charge is 0.343 e. The number of phenols is 1. The molecule has 2 aromatic carbocycles. The maximum Gasteiger partial charge on any atom is 0.343 e. The van der Waals surface area contributed by atoms with Gasteiger partial charge in [0.1, 0.15) is 0 Å². The van der Waals surface area contributed by atoms with Crippen LogP contribution in [0.3, 0.4) is 0 Å². The van der Waals surface area contributed by atoms with Crippen LogP contribution in [0.4, 0.5) is 8.78 Å². The second-order valence-corrected chi connectivity index (χ2v) is 4.05. The number of ether oxygens (including phenoxy) is 1. The van der Waals surface area contributed by atoms with Crippen LogP contribution in [-0.2, 0) is 0 Å². The summed E-state index contributed by atoms with van der Waals surface area (Å²) in [5, 5.41) is 8.99. The van der Waals surface area contributed by atoms with E-state index >= 15 is 0 Å². The van der Waals surface area contributed by atoms with Gasteiger partial charge in [-0.25, -0.2) is 4.79 Å². The zero-order chi connectivity index (χ0) is 15.4. The van der Waals surface area contributed by atoms with E-state index in [1.807, 2.05) is 0 Å². The van der Waals surface area contributed by atoms with Crippen molar-refractivity contribution in [3.63, 3.8) is 0 Å². The molecule has 0 amide bonds. The van der Waals surface area contributed by atoms with Crippen molar-refractivity contribution in [1.82, 2.24) is 0 Å². The summed E-state index contributed by atoms with van der Waals surface area (Å²) in [5.41, 5.74) is 0.889. The summed E-state index contributed by atoms with van der Waals surface area (Å²) in [4.78, 5) is 11.8.